The van der Waals surface area contributed by atoms with Crippen molar-refractivity contribution in [2.75, 3.05) is 17.1 Å². The molecule has 0 radical (unpaired) electrons. The molecule has 0 heterocycles. The Morgan fingerprint density at radius 2 is 1.75 bits per heavy atom. The molecule has 0 N–H and O–H groups in total. The Morgan fingerprint density at radius 1 is 1.25 bits per heavy atom. The first-order chi connectivity index (χ1) is 7.36. The third kappa shape index (κ3) is 2.74. The van der Waals surface area contributed by atoms with Gasteiger partial charge in [0.1, 0.15) is 0 Å². The van der Waals surface area contributed by atoms with Gasteiger partial charge in [-0.2, -0.15) is 5.26 Å². The van der Waals surface area contributed by atoms with E-state index in [-0.39, 0.29) is 0 Å². The molecule has 0 aromatic heterocycles. The van der Waals surface area contributed by atoms with Crippen LogP contribution in [0.4, 0.5) is 5.69 Å². The molecule has 86 valence electrons. The highest BCUT2D eigenvalue weighted by Crippen LogP contribution is 2.20. The highest BCUT2D eigenvalue weighted by Gasteiger charge is 2.18. The Balaban J connectivity index is 3.15. The summed E-state index contributed by atoms with van der Waals surface area (Å²) in [5.41, 5.74) is 2.58. The summed E-state index contributed by atoms with van der Waals surface area (Å²) in [6, 6.07) is 7.18. The Hall–Kier alpha value is -1.54. The van der Waals surface area contributed by atoms with Crippen molar-refractivity contribution in [2.24, 2.45) is 0 Å². The maximum absolute atomic E-state index is 11.7. The van der Waals surface area contributed by atoms with Crippen LogP contribution in [0.3, 0.4) is 0 Å². The summed E-state index contributed by atoms with van der Waals surface area (Å²) in [7, 11) is -2.07. The van der Waals surface area contributed by atoms with Crippen LogP contribution in [0.5, 0.6) is 0 Å². The van der Waals surface area contributed by atoms with E-state index in [0.29, 0.717) is 5.69 Å². The zero-order valence-corrected chi connectivity index (χ0v) is 10.4. The van der Waals surface area contributed by atoms with Gasteiger partial charge in [-0.15, -0.1) is 0 Å². The molecular weight excluding hydrogens is 224 g/mol. The molecule has 1 rings (SSSR count). The number of anilines is 1. The number of rotatable bonds is 3. The number of nitrogens with zero attached hydrogens (tertiary/aromatic N) is 2. The van der Waals surface area contributed by atoms with Gasteiger partial charge in [0.25, 0.3) is 0 Å². The molecule has 0 aliphatic rings. The Morgan fingerprint density at radius 3 is 2.19 bits per heavy atom. The van der Waals surface area contributed by atoms with Gasteiger partial charge in [0.15, 0.2) is 5.75 Å². The van der Waals surface area contributed by atoms with E-state index < -0.39 is 15.8 Å². The van der Waals surface area contributed by atoms with Gasteiger partial charge in [0, 0.05) is 7.05 Å². The van der Waals surface area contributed by atoms with E-state index in [0.717, 1.165) is 15.4 Å². The summed E-state index contributed by atoms with van der Waals surface area (Å²) < 4.78 is 24.5. The minimum Gasteiger partial charge on any atom is -0.272 e. The fraction of sp³-hybridized carbons (Fsp3) is 0.364. The molecule has 0 unspecified atom stereocenters. The molecule has 16 heavy (non-hydrogen) atoms. The lowest BCUT2D eigenvalue weighted by atomic mass is 10.1. The second-order valence-electron chi connectivity index (χ2n) is 3.73. The van der Waals surface area contributed by atoms with Crippen LogP contribution in [0.15, 0.2) is 18.2 Å². The predicted octanol–water partition coefficient (Wildman–Crippen LogP) is 1.59. The molecule has 1 aromatic carbocycles. The van der Waals surface area contributed by atoms with Crippen LogP contribution >= 0.6 is 0 Å². The normalized spacial score (nSPS) is 10.9. The van der Waals surface area contributed by atoms with Crippen LogP contribution in [-0.2, 0) is 10.0 Å². The SMILES string of the molecule is Cc1cc(C)cc(N(C)S(=O)(=O)CC#N)c1. The van der Waals surface area contributed by atoms with Crippen LogP contribution in [-0.4, -0.2) is 21.2 Å². The predicted molar refractivity (Wildman–Crippen MR) is 63.7 cm³/mol. The summed E-state index contributed by atoms with van der Waals surface area (Å²) in [5, 5.41) is 8.45. The summed E-state index contributed by atoms with van der Waals surface area (Å²) >= 11 is 0. The first-order valence-electron chi connectivity index (χ1n) is 4.78. The van der Waals surface area contributed by atoms with Gasteiger partial charge < -0.3 is 0 Å². The third-order valence-corrected chi connectivity index (χ3v) is 3.77. The number of benzene rings is 1. The summed E-state index contributed by atoms with van der Waals surface area (Å²) in [6.07, 6.45) is 0. The van der Waals surface area contributed by atoms with Gasteiger partial charge in [0.05, 0.1) is 11.8 Å². The molecule has 5 heteroatoms. The number of nitriles is 1. The maximum atomic E-state index is 11.7. The molecule has 1 aromatic rings. The van der Waals surface area contributed by atoms with E-state index in [4.69, 9.17) is 5.26 Å². The topological polar surface area (TPSA) is 61.2 Å². The quantitative estimate of drug-likeness (QED) is 0.803. The van der Waals surface area contributed by atoms with E-state index in [1.54, 1.807) is 18.2 Å². The van der Waals surface area contributed by atoms with Crippen molar-refractivity contribution in [3.05, 3.63) is 29.3 Å². The smallest absolute Gasteiger partial charge is 0.248 e. The van der Waals surface area contributed by atoms with Gasteiger partial charge in [-0.1, -0.05) is 6.07 Å². The van der Waals surface area contributed by atoms with Crippen LogP contribution in [0.2, 0.25) is 0 Å². The monoisotopic (exact) mass is 238 g/mol. The van der Waals surface area contributed by atoms with Crippen molar-refractivity contribution in [1.82, 2.24) is 0 Å². The molecule has 0 spiro atoms. The highest BCUT2D eigenvalue weighted by atomic mass is 32.2. The summed E-state index contributed by atoms with van der Waals surface area (Å²) in [5.74, 6) is -0.503. The molecule has 0 aliphatic heterocycles. The Bertz CT molecular complexity index is 509. The lowest BCUT2D eigenvalue weighted by molar-refractivity contribution is 0.597. The van der Waals surface area contributed by atoms with Crippen molar-refractivity contribution >= 4 is 15.7 Å². The Kier molecular flexibility index (Phi) is 3.55. The Labute approximate surface area is 96.2 Å². The molecule has 0 amide bonds. The lowest BCUT2D eigenvalue weighted by Crippen LogP contribution is -2.28. The molecule has 0 atom stereocenters. The van der Waals surface area contributed by atoms with Crippen LogP contribution in [0.1, 0.15) is 11.1 Å². The number of hydrogen-bond donors (Lipinski definition) is 0. The molecule has 0 saturated heterocycles. The van der Waals surface area contributed by atoms with E-state index in [9.17, 15) is 8.42 Å². The first kappa shape index (κ1) is 12.5. The van der Waals surface area contributed by atoms with Gasteiger partial charge >= 0.3 is 0 Å². The van der Waals surface area contributed by atoms with Crippen molar-refractivity contribution in [1.29, 1.82) is 5.26 Å². The van der Waals surface area contributed by atoms with Crippen LogP contribution < -0.4 is 4.31 Å². The van der Waals surface area contributed by atoms with E-state index in [2.05, 4.69) is 0 Å². The maximum Gasteiger partial charge on any atom is 0.248 e. The lowest BCUT2D eigenvalue weighted by Gasteiger charge is -2.18. The average Bonchev–Trinajstić information content (AvgIpc) is 2.14. The van der Waals surface area contributed by atoms with Crippen LogP contribution in [0, 0.1) is 25.2 Å². The third-order valence-electron chi connectivity index (χ3n) is 2.23. The second-order valence-corrected chi connectivity index (χ2v) is 5.73. The van der Waals surface area contributed by atoms with Gasteiger partial charge in [0.2, 0.25) is 10.0 Å². The zero-order valence-electron chi connectivity index (χ0n) is 9.56. The minimum atomic E-state index is -3.52. The first-order valence-corrected chi connectivity index (χ1v) is 6.39. The minimum absolute atomic E-state index is 0.503. The molecule has 4 nitrogen and oxygen atoms in total. The van der Waals surface area contributed by atoms with Gasteiger partial charge in [-0.25, -0.2) is 8.42 Å². The number of hydrogen-bond acceptors (Lipinski definition) is 3. The largest absolute Gasteiger partial charge is 0.272 e. The molecular formula is C11H14N2O2S. The van der Waals surface area contributed by atoms with E-state index in [1.807, 2.05) is 19.9 Å². The van der Waals surface area contributed by atoms with Gasteiger partial charge in [-0.05, 0) is 37.1 Å². The van der Waals surface area contributed by atoms with Crippen molar-refractivity contribution < 1.29 is 8.42 Å². The number of sulfonamides is 1. The van der Waals surface area contributed by atoms with Crippen molar-refractivity contribution in [3.8, 4) is 6.07 Å². The number of aryl methyl sites for hydroxylation is 2. The average molecular weight is 238 g/mol. The highest BCUT2D eigenvalue weighted by molar-refractivity contribution is 7.92. The fourth-order valence-electron chi connectivity index (χ4n) is 1.47. The summed E-state index contributed by atoms with van der Waals surface area (Å²) in [6.45, 7) is 3.81. The molecule has 0 saturated carbocycles. The van der Waals surface area contributed by atoms with E-state index in [1.165, 1.54) is 7.05 Å². The molecule has 0 bridgehead atoms. The molecule has 0 fully saturated rings. The molecule has 0 aliphatic carbocycles. The fourth-order valence-corrected chi connectivity index (χ4v) is 2.25. The summed E-state index contributed by atoms with van der Waals surface area (Å²) in [4.78, 5) is 0. The second kappa shape index (κ2) is 4.54. The van der Waals surface area contributed by atoms with Crippen molar-refractivity contribution in [2.45, 2.75) is 13.8 Å². The van der Waals surface area contributed by atoms with Crippen molar-refractivity contribution in [3.63, 3.8) is 0 Å². The van der Waals surface area contributed by atoms with Gasteiger partial charge in [-0.3, -0.25) is 4.31 Å². The van der Waals surface area contributed by atoms with E-state index >= 15 is 0 Å². The standard InChI is InChI=1S/C11H14N2O2S/c1-9-6-10(2)8-11(7-9)13(3)16(14,15)5-4-12/h6-8H,5H2,1-3H3. The zero-order chi connectivity index (χ0) is 12.3. The van der Waals surface area contributed by atoms with Crippen LogP contribution in [0.25, 0.3) is 0 Å².